The lowest BCUT2D eigenvalue weighted by atomic mass is 10.0. The predicted octanol–water partition coefficient (Wildman–Crippen LogP) is 5.79. The second kappa shape index (κ2) is 9.85. The molecule has 0 aromatic heterocycles. The van der Waals surface area contributed by atoms with E-state index < -0.39 is 11.7 Å². The minimum absolute atomic E-state index is 0.444. The minimum atomic E-state index is -4.34. The van der Waals surface area contributed by atoms with Crippen LogP contribution in [0.3, 0.4) is 0 Å². The van der Waals surface area contributed by atoms with Crippen molar-refractivity contribution in [2.24, 2.45) is 0 Å². The SMILES string of the molecule is COc1ccc(-c2cc3c(c(OC)c2)OCCN(Cc2ccc(C(F)(F)F)cc2)C3)cc1OC. The summed E-state index contributed by atoms with van der Waals surface area (Å²) in [7, 11) is 4.78. The van der Waals surface area contributed by atoms with Crippen molar-refractivity contribution in [3.63, 3.8) is 0 Å². The molecule has 8 heteroatoms. The average molecular weight is 473 g/mol. The highest BCUT2D eigenvalue weighted by molar-refractivity contribution is 5.71. The van der Waals surface area contributed by atoms with Crippen LogP contribution in [-0.2, 0) is 19.3 Å². The fourth-order valence-corrected chi connectivity index (χ4v) is 4.06. The summed E-state index contributed by atoms with van der Waals surface area (Å²) in [5.74, 6) is 2.56. The first-order chi connectivity index (χ1) is 16.3. The molecule has 1 heterocycles. The van der Waals surface area contributed by atoms with Gasteiger partial charge in [-0.15, -0.1) is 0 Å². The number of nitrogens with zero attached hydrogens (tertiary/aromatic N) is 1. The van der Waals surface area contributed by atoms with Crippen LogP contribution in [0.4, 0.5) is 13.2 Å². The number of ether oxygens (including phenoxy) is 4. The van der Waals surface area contributed by atoms with Crippen LogP contribution in [0.5, 0.6) is 23.0 Å². The zero-order valence-corrected chi connectivity index (χ0v) is 19.2. The molecule has 180 valence electrons. The van der Waals surface area contributed by atoms with Crippen molar-refractivity contribution in [1.29, 1.82) is 0 Å². The van der Waals surface area contributed by atoms with Crippen LogP contribution in [0.1, 0.15) is 16.7 Å². The molecule has 0 N–H and O–H groups in total. The van der Waals surface area contributed by atoms with Crippen LogP contribution in [0.15, 0.2) is 54.6 Å². The van der Waals surface area contributed by atoms with E-state index >= 15 is 0 Å². The van der Waals surface area contributed by atoms with E-state index in [1.54, 1.807) is 21.3 Å². The Bertz CT molecular complexity index is 1150. The normalized spacial score (nSPS) is 14.1. The first-order valence-electron chi connectivity index (χ1n) is 10.8. The van der Waals surface area contributed by atoms with E-state index in [9.17, 15) is 13.2 Å². The lowest BCUT2D eigenvalue weighted by Gasteiger charge is -2.20. The third-order valence-electron chi connectivity index (χ3n) is 5.80. The van der Waals surface area contributed by atoms with Crippen molar-refractivity contribution >= 4 is 0 Å². The highest BCUT2D eigenvalue weighted by atomic mass is 19.4. The molecule has 0 spiro atoms. The molecule has 0 fully saturated rings. The number of fused-ring (bicyclic) bond motifs is 1. The van der Waals surface area contributed by atoms with Crippen molar-refractivity contribution in [2.45, 2.75) is 19.3 Å². The van der Waals surface area contributed by atoms with Gasteiger partial charge in [0.1, 0.15) is 6.61 Å². The van der Waals surface area contributed by atoms with Crippen molar-refractivity contribution in [2.75, 3.05) is 34.5 Å². The summed E-state index contributed by atoms with van der Waals surface area (Å²) < 4.78 is 61.1. The second-order valence-electron chi connectivity index (χ2n) is 7.99. The summed E-state index contributed by atoms with van der Waals surface area (Å²) in [6.07, 6.45) is -4.34. The van der Waals surface area contributed by atoms with Crippen LogP contribution in [0, 0.1) is 0 Å². The zero-order valence-electron chi connectivity index (χ0n) is 19.2. The van der Waals surface area contributed by atoms with Gasteiger partial charge in [0.25, 0.3) is 0 Å². The van der Waals surface area contributed by atoms with E-state index in [1.165, 1.54) is 12.1 Å². The lowest BCUT2D eigenvalue weighted by Crippen LogP contribution is -2.25. The third kappa shape index (κ3) is 5.07. The molecule has 0 saturated carbocycles. The van der Waals surface area contributed by atoms with Crippen molar-refractivity contribution in [3.05, 3.63) is 71.3 Å². The quantitative estimate of drug-likeness (QED) is 0.453. The maximum Gasteiger partial charge on any atom is 0.416 e. The molecule has 1 aliphatic heterocycles. The monoisotopic (exact) mass is 473 g/mol. The molecule has 5 nitrogen and oxygen atoms in total. The number of hydrogen-bond donors (Lipinski definition) is 0. The Morgan fingerprint density at radius 1 is 0.824 bits per heavy atom. The molecule has 4 rings (SSSR count). The van der Waals surface area contributed by atoms with Gasteiger partial charge in [0.15, 0.2) is 23.0 Å². The lowest BCUT2D eigenvalue weighted by molar-refractivity contribution is -0.137. The standard InChI is InChI=1S/C26H26F3NO4/c1-31-22-9-6-18(13-23(22)32-2)19-12-20-16-30(10-11-34-25(20)24(14-19)33-3)15-17-4-7-21(8-5-17)26(27,28)29/h4-9,12-14H,10-11,15-16H2,1-3H3. The summed E-state index contributed by atoms with van der Waals surface area (Å²) in [4.78, 5) is 2.15. The van der Waals surface area contributed by atoms with Gasteiger partial charge >= 0.3 is 6.18 Å². The number of benzene rings is 3. The fourth-order valence-electron chi connectivity index (χ4n) is 4.06. The van der Waals surface area contributed by atoms with E-state index in [0.29, 0.717) is 49.2 Å². The zero-order chi connectivity index (χ0) is 24.3. The highest BCUT2D eigenvalue weighted by Crippen LogP contribution is 2.40. The van der Waals surface area contributed by atoms with Gasteiger partial charge in [-0.05, 0) is 53.1 Å². The molecule has 0 atom stereocenters. The molecule has 0 saturated heterocycles. The van der Waals surface area contributed by atoms with Crippen LogP contribution in [0.25, 0.3) is 11.1 Å². The van der Waals surface area contributed by atoms with Gasteiger partial charge < -0.3 is 18.9 Å². The Hall–Kier alpha value is -3.39. The molecule has 0 aliphatic carbocycles. The van der Waals surface area contributed by atoms with E-state index in [4.69, 9.17) is 18.9 Å². The van der Waals surface area contributed by atoms with Gasteiger partial charge in [0.2, 0.25) is 0 Å². The molecule has 3 aromatic carbocycles. The Morgan fingerprint density at radius 2 is 1.50 bits per heavy atom. The van der Waals surface area contributed by atoms with Crippen molar-refractivity contribution in [1.82, 2.24) is 4.90 Å². The molecule has 1 aliphatic rings. The topological polar surface area (TPSA) is 40.2 Å². The van der Waals surface area contributed by atoms with Crippen molar-refractivity contribution < 1.29 is 32.1 Å². The molecule has 0 amide bonds. The number of alkyl halides is 3. The molecule has 3 aromatic rings. The van der Waals surface area contributed by atoms with E-state index in [-0.39, 0.29) is 0 Å². The van der Waals surface area contributed by atoms with Crippen LogP contribution in [-0.4, -0.2) is 39.4 Å². The van der Waals surface area contributed by atoms with Gasteiger partial charge in [0.05, 0.1) is 26.9 Å². The van der Waals surface area contributed by atoms with Gasteiger partial charge in [-0.2, -0.15) is 13.2 Å². The number of hydrogen-bond acceptors (Lipinski definition) is 5. The van der Waals surface area contributed by atoms with Gasteiger partial charge in [-0.1, -0.05) is 18.2 Å². The summed E-state index contributed by atoms with van der Waals surface area (Å²) in [5.41, 5.74) is 2.95. The highest BCUT2D eigenvalue weighted by Gasteiger charge is 2.30. The number of methoxy groups -OCH3 is 3. The number of rotatable bonds is 6. The van der Waals surface area contributed by atoms with E-state index in [0.717, 1.165) is 34.4 Å². The molecule has 0 bridgehead atoms. The maximum atomic E-state index is 12.9. The molecule has 0 unspecified atom stereocenters. The number of halogens is 3. The Morgan fingerprint density at radius 3 is 2.15 bits per heavy atom. The molecule has 34 heavy (non-hydrogen) atoms. The first-order valence-corrected chi connectivity index (χ1v) is 10.8. The van der Waals surface area contributed by atoms with Gasteiger partial charge in [-0.25, -0.2) is 0 Å². The minimum Gasteiger partial charge on any atom is -0.493 e. The van der Waals surface area contributed by atoms with Crippen LogP contribution < -0.4 is 18.9 Å². The Kier molecular flexibility index (Phi) is 6.88. The summed E-state index contributed by atoms with van der Waals surface area (Å²) >= 11 is 0. The molecule has 0 radical (unpaired) electrons. The molecular formula is C26H26F3NO4. The predicted molar refractivity (Wildman–Crippen MR) is 123 cm³/mol. The van der Waals surface area contributed by atoms with E-state index in [2.05, 4.69) is 4.90 Å². The Balaban J connectivity index is 1.62. The summed E-state index contributed by atoms with van der Waals surface area (Å²) in [5, 5.41) is 0. The Labute approximate surface area is 196 Å². The van der Waals surface area contributed by atoms with Crippen LogP contribution in [0.2, 0.25) is 0 Å². The van der Waals surface area contributed by atoms with Crippen molar-refractivity contribution in [3.8, 4) is 34.1 Å². The smallest absolute Gasteiger partial charge is 0.416 e. The van der Waals surface area contributed by atoms with E-state index in [1.807, 2.05) is 30.3 Å². The van der Waals surface area contributed by atoms with Crippen LogP contribution >= 0.6 is 0 Å². The second-order valence-corrected chi connectivity index (χ2v) is 7.99. The van der Waals surface area contributed by atoms with Gasteiger partial charge in [0, 0.05) is 25.2 Å². The first kappa shape index (κ1) is 23.8. The van der Waals surface area contributed by atoms with Gasteiger partial charge in [-0.3, -0.25) is 4.90 Å². The summed E-state index contributed by atoms with van der Waals surface area (Å²) in [6.45, 7) is 2.14. The average Bonchev–Trinajstić information content (AvgIpc) is 3.04. The largest absolute Gasteiger partial charge is 0.493 e. The fraction of sp³-hybridized carbons (Fsp3) is 0.308. The molecular weight excluding hydrogens is 447 g/mol. The third-order valence-corrected chi connectivity index (χ3v) is 5.80. The summed E-state index contributed by atoms with van der Waals surface area (Å²) in [6, 6.07) is 14.9. The maximum absolute atomic E-state index is 12.9.